The number of rotatable bonds is 6. The highest BCUT2D eigenvalue weighted by atomic mass is 35.5. The lowest BCUT2D eigenvalue weighted by Gasteiger charge is -2.38. The van der Waals surface area contributed by atoms with E-state index in [4.69, 9.17) is 11.6 Å². The molecule has 0 N–H and O–H groups in total. The van der Waals surface area contributed by atoms with Gasteiger partial charge in [-0.05, 0) is 60.9 Å². The molecule has 1 saturated heterocycles. The topological polar surface area (TPSA) is 66.7 Å². The van der Waals surface area contributed by atoms with Crippen LogP contribution in [-0.4, -0.2) is 34.9 Å². The molecule has 0 unspecified atom stereocenters. The van der Waals surface area contributed by atoms with Gasteiger partial charge in [0.25, 0.3) is 11.6 Å². The Kier molecular flexibility index (Phi) is 7.01. The normalized spacial score (nSPS) is 14.7. The van der Waals surface area contributed by atoms with Gasteiger partial charge in [0.1, 0.15) is 5.82 Å². The van der Waals surface area contributed by atoms with E-state index < -0.39 is 4.92 Å². The van der Waals surface area contributed by atoms with Gasteiger partial charge in [-0.15, -0.1) is 0 Å². The minimum atomic E-state index is -0.429. The number of nitrogens with zero attached hydrogens (tertiary/aromatic N) is 3. The summed E-state index contributed by atoms with van der Waals surface area (Å²) >= 11 is 6.27. The van der Waals surface area contributed by atoms with Crippen molar-refractivity contribution in [3.63, 3.8) is 0 Å². The number of halogens is 2. The summed E-state index contributed by atoms with van der Waals surface area (Å²) in [6.07, 6.45) is 1.42. The van der Waals surface area contributed by atoms with Crippen LogP contribution in [0.5, 0.6) is 0 Å². The van der Waals surface area contributed by atoms with Crippen LogP contribution in [0.4, 0.5) is 15.8 Å². The van der Waals surface area contributed by atoms with E-state index in [-0.39, 0.29) is 23.5 Å². The van der Waals surface area contributed by atoms with Crippen molar-refractivity contribution >= 4 is 28.9 Å². The lowest BCUT2D eigenvalue weighted by molar-refractivity contribution is -0.384. The number of carbonyl (C=O) groups excluding carboxylic acids is 1. The number of likely N-dealkylation sites (tertiary alicyclic amines) is 1. The summed E-state index contributed by atoms with van der Waals surface area (Å²) in [5, 5.41) is 11.6. The first kappa shape index (κ1) is 22.9. The number of hydrogen-bond acceptors (Lipinski definition) is 4. The molecule has 1 heterocycles. The second-order valence-corrected chi connectivity index (χ2v) is 8.46. The van der Waals surface area contributed by atoms with Crippen LogP contribution in [-0.2, 0) is 6.54 Å². The number of non-ortho nitro benzene ring substituents is 1. The molecule has 3 aromatic rings. The number of benzene rings is 3. The summed E-state index contributed by atoms with van der Waals surface area (Å²) in [5.74, 6) is -0.475. The van der Waals surface area contributed by atoms with Crippen molar-refractivity contribution in [2.75, 3.05) is 18.0 Å². The fraction of sp³-hybridized carbons (Fsp3) is 0.240. The van der Waals surface area contributed by atoms with Gasteiger partial charge in [0, 0.05) is 54.1 Å². The van der Waals surface area contributed by atoms with Crippen molar-refractivity contribution in [3.05, 3.63) is 105 Å². The highest BCUT2D eigenvalue weighted by Crippen LogP contribution is 2.29. The number of hydrogen-bond donors (Lipinski definition) is 0. The predicted molar refractivity (Wildman–Crippen MR) is 126 cm³/mol. The fourth-order valence-electron chi connectivity index (χ4n) is 4.19. The SMILES string of the molecule is O=C(c1ccccc1)N(c1ccc(F)cc1)C1CCN(Cc2cc([N+](=O)[O-])ccc2Cl)CC1. The highest BCUT2D eigenvalue weighted by Gasteiger charge is 2.30. The van der Waals surface area contributed by atoms with Crippen molar-refractivity contribution in [2.24, 2.45) is 0 Å². The van der Waals surface area contributed by atoms with Gasteiger partial charge in [-0.2, -0.15) is 0 Å². The summed E-state index contributed by atoms with van der Waals surface area (Å²) in [5.41, 5.74) is 1.96. The Labute approximate surface area is 196 Å². The Balaban J connectivity index is 1.50. The van der Waals surface area contributed by atoms with E-state index in [1.807, 2.05) is 18.2 Å². The maximum atomic E-state index is 13.5. The maximum absolute atomic E-state index is 13.5. The Morgan fingerprint density at radius 3 is 2.36 bits per heavy atom. The summed E-state index contributed by atoms with van der Waals surface area (Å²) in [7, 11) is 0. The number of piperidine rings is 1. The third-order valence-electron chi connectivity index (χ3n) is 5.90. The summed E-state index contributed by atoms with van der Waals surface area (Å²) in [4.78, 5) is 28.0. The van der Waals surface area contributed by atoms with Gasteiger partial charge in [-0.25, -0.2) is 4.39 Å². The minimum Gasteiger partial charge on any atom is -0.305 e. The zero-order valence-electron chi connectivity index (χ0n) is 17.9. The first-order valence-electron chi connectivity index (χ1n) is 10.7. The molecule has 0 aliphatic carbocycles. The fourth-order valence-corrected chi connectivity index (χ4v) is 4.37. The molecule has 1 aliphatic rings. The Bertz CT molecular complexity index is 1130. The van der Waals surface area contributed by atoms with Gasteiger partial charge in [-0.3, -0.25) is 19.8 Å². The van der Waals surface area contributed by atoms with Crippen LogP contribution >= 0.6 is 11.6 Å². The molecular weight excluding hydrogens is 445 g/mol. The molecule has 0 atom stereocenters. The Morgan fingerprint density at radius 1 is 1.06 bits per heavy atom. The molecule has 0 aromatic heterocycles. The van der Waals surface area contributed by atoms with Crippen LogP contribution in [0.3, 0.4) is 0 Å². The van der Waals surface area contributed by atoms with Gasteiger partial charge < -0.3 is 4.90 Å². The minimum absolute atomic E-state index is 0.0141. The molecule has 0 radical (unpaired) electrons. The zero-order chi connectivity index (χ0) is 23.4. The summed E-state index contributed by atoms with van der Waals surface area (Å²) in [6, 6.07) is 19.4. The number of nitro groups is 1. The van der Waals surface area contributed by atoms with E-state index in [2.05, 4.69) is 4.90 Å². The van der Waals surface area contributed by atoms with Crippen molar-refractivity contribution in [1.29, 1.82) is 0 Å². The van der Waals surface area contributed by atoms with E-state index >= 15 is 0 Å². The van der Waals surface area contributed by atoms with E-state index in [0.717, 1.165) is 0 Å². The second kappa shape index (κ2) is 10.1. The lowest BCUT2D eigenvalue weighted by atomic mass is 10.00. The zero-order valence-corrected chi connectivity index (χ0v) is 18.6. The van der Waals surface area contributed by atoms with Crippen molar-refractivity contribution in [2.45, 2.75) is 25.4 Å². The van der Waals surface area contributed by atoms with Crippen LogP contribution < -0.4 is 4.90 Å². The van der Waals surface area contributed by atoms with Crippen molar-refractivity contribution in [3.8, 4) is 0 Å². The monoisotopic (exact) mass is 467 g/mol. The van der Waals surface area contributed by atoms with E-state index in [9.17, 15) is 19.3 Å². The molecule has 0 saturated carbocycles. The largest absolute Gasteiger partial charge is 0.305 e. The maximum Gasteiger partial charge on any atom is 0.269 e. The molecule has 8 heteroatoms. The summed E-state index contributed by atoms with van der Waals surface area (Å²) < 4.78 is 13.5. The number of carbonyl (C=O) groups is 1. The van der Waals surface area contributed by atoms with Crippen LogP contribution in [0.25, 0.3) is 0 Å². The number of nitro benzene ring substituents is 1. The summed E-state index contributed by atoms with van der Waals surface area (Å²) in [6.45, 7) is 1.89. The average molecular weight is 468 g/mol. The predicted octanol–water partition coefficient (Wildman–Crippen LogP) is 5.70. The number of anilines is 1. The van der Waals surface area contributed by atoms with Gasteiger partial charge in [0.15, 0.2) is 0 Å². The highest BCUT2D eigenvalue weighted by molar-refractivity contribution is 6.31. The molecule has 0 bridgehead atoms. The third-order valence-corrected chi connectivity index (χ3v) is 6.27. The third kappa shape index (κ3) is 5.38. The van der Waals surface area contributed by atoms with E-state index in [1.54, 1.807) is 35.2 Å². The number of amides is 1. The molecule has 0 spiro atoms. The quantitative estimate of drug-likeness (QED) is 0.344. The second-order valence-electron chi connectivity index (χ2n) is 8.06. The molecule has 1 amide bonds. The molecular formula is C25H23ClFN3O3. The van der Waals surface area contributed by atoms with Gasteiger partial charge in [-0.1, -0.05) is 29.8 Å². The van der Waals surface area contributed by atoms with Crippen LogP contribution in [0.1, 0.15) is 28.8 Å². The molecule has 4 rings (SSSR count). The molecule has 33 heavy (non-hydrogen) atoms. The standard InChI is InChI=1S/C25H23ClFN3O3/c26-24-11-10-23(30(32)33)16-19(24)17-28-14-12-22(13-15-28)29(21-8-6-20(27)7-9-21)25(31)18-4-2-1-3-5-18/h1-11,16,22H,12-15,17H2. The van der Waals surface area contributed by atoms with Gasteiger partial charge in [0.2, 0.25) is 0 Å². The first-order chi connectivity index (χ1) is 15.9. The van der Waals surface area contributed by atoms with E-state index in [0.29, 0.717) is 54.3 Å². The Morgan fingerprint density at radius 2 is 1.73 bits per heavy atom. The van der Waals surface area contributed by atoms with Crippen molar-refractivity contribution in [1.82, 2.24) is 4.90 Å². The van der Waals surface area contributed by atoms with Crippen LogP contribution in [0, 0.1) is 15.9 Å². The Hall–Kier alpha value is -3.29. The lowest BCUT2D eigenvalue weighted by Crippen LogP contribution is -2.47. The van der Waals surface area contributed by atoms with Crippen LogP contribution in [0.15, 0.2) is 72.8 Å². The molecule has 6 nitrogen and oxygen atoms in total. The smallest absolute Gasteiger partial charge is 0.269 e. The average Bonchev–Trinajstić information content (AvgIpc) is 2.83. The van der Waals surface area contributed by atoms with Crippen LogP contribution in [0.2, 0.25) is 5.02 Å². The molecule has 1 fully saturated rings. The first-order valence-corrected chi connectivity index (χ1v) is 11.1. The van der Waals surface area contributed by atoms with E-state index in [1.165, 1.54) is 24.3 Å². The van der Waals surface area contributed by atoms with Gasteiger partial charge >= 0.3 is 0 Å². The van der Waals surface area contributed by atoms with Crippen molar-refractivity contribution < 1.29 is 14.1 Å². The molecule has 3 aromatic carbocycles. The molecule has 1 aliphatic heterocycles. The van der Waals surface area contributed by atoms with Gasteiger partial charge in [0.05, 0.1) is 4.92 Å². The molecule has 170 valence electrons.